The Balaban J connectivity index is 0.00000176. The van der Waals surface area contributed by atoms with Crippen LogP contribution in [-0.4, -0.2) is 60.5 Å². The minimum absolute atomic E-state index is 0. The molecule has 2 aliphatic heterocycles. The lowest BCUT2D eigenvalue weighted by molar-refractivity contribution is 0.156. The van der Waals surface area contributed by atoms with E-state index in [-0.39, 0.29) is 24.0 Å². The molecule has 1 atom stereocenters. The molecule has 7 heteroatoms. The summed E-state index contributed by atoms with van der Waals surface area (Å²) in [5.74, 6) is 1.02. The number of hydrogen-bond acceptors (Lipinski definition) is 3. The molecule has 1 spiro atoms. The molecule has 0 bridgehead atoms. The van der Waals surface area contributed by atoms with Crippen LogP contribution in [0.15, 0.2) is 17.4 Å². The zero-order chi connectivity index (χ0) is 14.7. The monoisotopic (exact) mass is 419 g/mol. The predicted molar refractivity (Wildman–Crippen MR) is 97.7 cm³/mol. The van der Waals surface area contributed by atoms with Crippen LogP contribution in [0.2, 0.25) is 0 Å². The Morgan fingerprint density at radius 2 is 2.36 bits per heavy atom. The van der Waals surface area contributed by atoms with Crippen molar-refractivity contribution in [1.82, 2.24) is 20.0 Å². The molecule has 2 saturated heterocycles. The highest BCUT2D eigenvalue weighted by Gasteiger charge is 2.42. The number of nitrogens with one attached hydrogen (secondary N) is 1. The van der Waals surface area contributed by atoms with Gasteiger partial charge in [-0.1, -0.05) is 0 Å². The first-order chi connectivity index (χ1) is 10.2. The van der Waals surface area contributed by atoms with Crippen LogP contribution < -0.4 is 5.32 Å². The van der Waals surface area contributed by atoms with Gasteiger partial charge in [0.05, 0.1) is 12.8 Å². The number of ether oxygens (including phenoxy) is 1. The van der Waals surface area contributed by atoms with E-state index in [0.29, 0.717) is 5.41 Å². The quantitative estimate of drug-likeness (QED) is 0.456. The summed E-state index contributed by atoms with van der Waals surface area (Å²) in [7, 11) is 3.81. The van der Waals surface area contributed by atoms with Gasteiger partial charge in [-0.2, -0.15) is 5.10 Å². The molecule has 3 rings (SSSR count). The zero-order valence-electron chi connectivity index (χ0n) is 13.4. The Morgan fingerprint density at radius 3 is 3.00 bits per heavy atom. The summed E-state index contributed by atoms with van der Waals surface area (Å²) in [6, 6.07) is 0. The van der Waals surface area contributed by atoms with E-state index >= 15 is 0 Å². The summed E-state index contributed by atoms with van der Waals surface area (Å²) in [4.78, 5) is 6.80. The second-order valence-corrected chi connectivity index (χ2v) is 6.22. The van der Waals surface area contributed by atoms with Crippen molar-refractivity contribution >= 4 is 29.9 Å². The molecule has 2 aliphatic rings. The first-order valence-electron chi connectivity index (χ1n) is 7.72. The van der Waals surface area contributed by atoms with Gasteiger partial charge in [-0.05, 0) is 24.8 Å². The van der Waals surface area contributed by atoms with Crippen LogP contribution in [0.25, 0.3) is 0 Å². The van der Waals surface area contributed by atoms with Gasteiger partial charge in [0.2, 0.25) is 0 Å². The number of likely N-dealkylation sites (tertiary alicyclic amines) is 1. The molecule has 2 fully saturated rings. The van der Waals surface area contributed by atoms with Crippen molar-refractivity contribution in [2.24, 2.45) is 17.5 Å². The fourth-order valence-corrected chi connectivity index (χ4v) is 3.34. The summed E-state index contributed by atoms with van der Waals surface area (Å²) in [5, 5.41) is 7.67. The van der Waals surface area contributed by atoms with Crippen LogP contribution >= 0.6 is 24.0 Å². The van der Waals surface area contributed by atoms with Gasteiger partial charge in [0.15, 0.2) is 5.96 Å². The Hall–Kier alpha value is -0.830. The number of hydrogen-bond donors (Lipinski definition) is 1. The molecule has 1 unspecified atom stereocenters. The highest BCUT2D eigenvalue weighted by molar-refractivity contribution is 14.0. The Labute approximate surface area is 149 Å². The second-order valence-electron chi connectivity index (χ2n) is 6.22. The number of halogens is 1. The van der Waals surface area contributed by atoms with Gasteiger partial charge in [0.25, 0.3) is 0 Å². The molecular formula is C15H26IN5O. The third-order valence-corrected chi connectivity index (χ3v) is 4.59. The van der Waals surface area contributed by atoms with Crippen LogP contribution in [0.1, 0.15) is 18.4 Å². The molecule has 0 amide bonds. The van der Waals surface area contributed by atoms with E-state index in [1.807, 2.05) is 25.0 Å². The van der Waals surface area contributed by atoms with E-state index in [9.17, 15) is 0 Å². The lowest BCUT2D eigenvalue weighted by Gasteiger charge is -2.24. The number of rotatable bonds is 3. The van der Waals surface area contributed by atoms with Gasteiger partial charge >= 0.3 is 0 Å². The van der Waals surface area contributed by atoms with Gasteiger partial charge in [0.1, 0.15) is 0 Å². The van der Waals surface area contributed by atoms with Crippen molar-refractivity contribution in [2.75, 3.05) is 39.9 Å². The van der Waals surface area contributed by atoms with Crippen LogP contribution in [0.5, 0.6) is 0 Å². The van der Waals surface area contributed by atoms with Gasteiger partial charge < -0.3 is 15.0 Å². The van der Waals surface area contributed by atoms with Crippen molar-refractivity contribution in [2.45, 2.75) is 19.3 Å². The highest BCUT2D eigenvalue weighted by Crippen LogP contribution is 2.38. The first-order valence-corrected chi connectivity index (χ1v) is 7.72. The Bertz CT molecular complexity index is 510. The van der Waals surface area contributed by atoms with Crippen molar-refractivity contribution in [1.29, 1.82) is 0 Å². The SMILES string of the molecule is CN=C(NCCc1cnn(C)c1)N1CCC2(CCOC2)C1.I. The number of aromatic nitrogens is 2. The third kappa shape index (κ3) is 3.92. The molecule has 0 aromatic carbocycles. The summed E-state index contributed by atoms with van der Waals surface area (Å²) in [5.41, 5.74) is 1.63. The fraction of sp³-hybridized carbons (Fsp3) is 0.733. The maximum Gasteiger partial charge on any atom is 0.193 e. The van der Waals surface area contributed by atoms with E-state index in [1.54, 1.807) is 0 Å². The van der Waals surface area contributed by atoms with Crippen molar-refractivity contribution in [3.8, 4) is 0 Å². The Kier molecular flexibility index (Phi) is 6.08. The van der Waals surface area contributed by atoms with Crippen LogP contribution in [0.4, 0.5) is 0 Å². The van der Waals surface area contributed by atoms with Gasteiger partial charge in [-0.3, -0.25) is 9.67 Å². The molecule has 1 aromatic rings. The van der Waals surface area contributed by atoms with Crippen molar-refractivity contribution in [3.63, 3.8) is 0 Å². The first kappa shape index (κ1) is 17.5. The fourth-order valence-electron chi connectivity index (χ4n) is 3.34. The maximum atomic E-state index is 5.59. The largest absolute Gasteiger partial charge is 0.381 e. The number of nitrogens with zero attached hydrogens (tertiary/aromatic N) is 4. The summed E-state index contributed by atoms with van der Waals surface area (Å²) < 4.78 is 7.43. The molecule has 1 N–H and O–H groups in total. The molecule has 3 heterocycles. The minimum atomic E-state index is 0. The third-order valence-electron chi connectivity index (χ3n) is 4.59. The standard InChI is InChI=1S/C15H25N5O.HI/c1-16-14(17-6-3-13-9-18-19(2)10-13)20-7-4-15(11-20)5-8-21-12-15;/h9-10H,3-8,11-12H2,1-2H3,(H,16,17);1H. The van der Waals surface area contributed by atoms with Crippen LogP contribution in [0, 0.1) is 5.41 Å². The smallest absolute Gasteiger partial charge is 0.193 e. The van der Waals surface area contributed by atoms with Crippen molar-refractivity contribution in [3.05, 3.63) is 18.0 Å². The number of guanidine groups is 1. The van der Waals surface area contributed by atoms with E-state index in [1.165, 1.54) is 18.4 Å². The van der Waals surface area contributed by atoms with Crippen LogP contribution in [-0.2, 0) is 18.2 Å². The maximum absolute atomic E-state index is 5.59. The minimum Gasteiger partial charge on any atom is -0.381 e. The summed E-state index contributed by atoms with van der Waals surface area (Å²) in [6.07, 6.45) is 7.36. The summed E-state index contributed by atoms with van der Waals surface area (Å²) in [6.45, 7) is 4.87. The summed E-state index contributed by atoms with van der Waals surface area (Å²) >= 11 is 0. The van der Waals surface area contributed by atoms with E-state index in [0.717, 1.165) is 45.2 Å². The number of aliphatic imine (C=N–C) groups is 1. The second kappa shape index (κ2) is 7.63. The molecule has 1 aromatic heterocycles. The normalized spacial score (nSPS) is 24.8. The van der Waals surface area contributed by atoms with E-state index in [2.05, 4.69) is 26.5 Å². The van der Waals surface area contributed by atoms with Gasteiger partial charge in [-0.25, -0.2) is 0 Å². The topological polar surface area (TPSA) is 54.7 Å². The van der Waals surface area contributed by atoms with E-state index in [4.69, 9.17) is 4.74 Å². The highest BCUT2D eigenvalue weighted by atomic mass is 127. The van der Waals surface area contributed by atoms with Crippen molar-refractivity contribution < 1.29 is 4.74 Å². The lowest BCUT2D eigenvalue weighted by atomic mass is 9.87. The molecule has 0 aliphatic carbocycles. The lowest BCUT2D eigenvalue weighted by Crippen LogP contribution is -2.42. The van der Waals surface area contributed by atoms with E-state index < -0.39 is 0 Å². The Morgan fingerprint density at radius 1 is 1.50 bits per heavy atom. The number of aryl methyl sites for hydroxylation is 1. The molecule has 22 heavy (non-hydrogen) atoms. The average Bonchev–Trinajstić information content (AvgIpc) is 3.19. The molecule has 6 nitrogen and oxygen atoms in total. The predicted octanol–water partition coefficient (Wildman–Crippen LogP) is 1.27. The molecule has 124 valence electrons. The average molecular weight is 419 g/mol. The molecule has 0 saturated carbocycles. The molecule has 0 radical (unpaired) electrons. The van der Waals surface area contributed by atoms with Crippen LogP contribution in [0.3, 0.4) is 0 Å². The zero-order valence-corrected chi connectivity index (χ0v) is 15.7. The van der Waals surface area contributed by atoms with Gasteiger partial charge in [-0.15, -0.1) is 24.0 Å². The van der Waals surface area contributed by atoms with Gasteiger partial charge in [0, 0.05) is 51.9 Å². The molecular weight excluding hydrogens is 393 g/mol.